The second kappa shape index (κ2) is 5.23. The van der Waals surface area contributed by atoms with Crippen molar-refractivity contribution in [2.45, 2.75) is 0 Å². The smallest absolute Gasteiger partial charge is 0.326 e. The van der Waals surface area contributed by atoms with Crippen LogP contribution in [0.5, 0.6) is 5.75 Å². The first-order chi connectivity index (χ1) is 9.76. The van der Waals surface area contributed by atoms with E-state index in [1.54, 1.807) is 36.4 Å². The number of benzene rings is 2. The van der Waals surface area contributed by atoms with Crippen molar-refractivity contribution in [3.63, 3.8) is 0 Å². The van der Waals surface area contributed by atoms with Crippen LogP contribution in [-0.2, 0) is 0 Å². The van der Waals surface area contributed by atoms with Gasteiger partial charge in [-0.05, 0) is 24.3 Å². The topological polar surface area (TPSA) is 66.5 Å². The summed E-state index contributed by atoms with van der Waals surface area (Å²) in [5.41, 5.74) is 3.21. The zero-order valence-electron chi connectivity index (χ0n) is 10.5. The molecule has 5 heteroatoms. The molecule has 20 heavy (non-hydrogen) atoms. The fourth-order valence-electron chi connectivity index (χ4n) is 1.91. The minimum atomic E-state index is 0.212. The van der Waals surface area contributed by atoms with Crippen molar-refractivity contribution in [3.05, 3.63) is 54.6 Å². The number of hydrogen-bond acceptors (Lipinski definition) is 4. The summed E-state index contributed by atoms with van der Waals surface area (Å²) in [6, 6.07) is 15.9. The van der Waals surface area contributed by atoms with E-state index in [1.807, 2.05) is 18.2 Å². The molecule has 1 radical (unpaired) electrons. The highest BCUT2D eigenvalue weighted by atomic mass is 16.5. The van der Waals surface area contributed by atoms with Gasteiger partial charge in [0.1, 0.15) is 11.4 Å². The summed E-state index contributed by atoms with van der Waals surface area (Å²) in [5, 5.41) is 22.2. The van der Waals surface area contributed by atoms with E-state index in [2.05, 4.69) is 5.16 Å². The van der Waals surface area contributed by atoms with Gasteiger partial charge in [-0.15, -0.1) is 0 Å². The van der Waals surface area contributed by atoms with Crippen LogP contribution in [0.2, 0.25) is 0 Å². The summed E-state index contributed by atoms with van der Waals surface area (Å²) in [4.78, 5) is 0. The summed E-state index contributed by atoms with van der Waals surface area (Å²) in [7, 11) is 1.05. The Labute approximate surface area is 116 Å². The predicted molar refractivity (Wildman–Crippen MR) is 76.6 cm³/mol. The lowest BCUT2D eigenvalue weighted by Crippen LogP contribution is -2.11. The highest BCUT2D eigenvalue weighted by Crippen LogP contribution is 2.26. The van der Waals surface area contributed by atoms with Crippen LogP contribution in [-0.4, -0.2) is 22.8 Å². The van der Waals surface area contributed by atoms with Gasteiger partial charge in [-0.3, -0.25) is 0 Å². The van der Waals surface area contributed by atoms with Gasteiger partial charge in [0, 0.05) is 17.2 Å². The average Bonchev–Trinajstić information content (AvgIpc) is 2.98. The van der Waals surface area contributed by atoms with E-state index in [1.165, 1.54) is 0 Å². The minimum Gasteiger partial charge on any atom is -0.508 e. The van der Waals surface area contributed by atoms with E-state index >= 15 is 0 Å². The second-order valence-electron chi connectivity index (χ2n) is 4.37. The number of hydrogen-bond donors (Lipinski definition) is 2. The molecule has 1 heterocycles. The molecule has 0 aliphatic heterocycles. The van der Waals surface area contributed by atoms with E-state index in [0.29, 0.717) is 5.76 Å². The third-order valence-electron chi connectivity index (χ3n) is 3.02. The Morgan fingerprint density at radius 1 is 0.900 bits per heavy atom. The second-order valence-corrected chi connectivity index (χ2v) is 4.37. The molecule has 0 aliphatic rings. The van der Waals surface area contributed by atoms with E-state index < -0.39 is 0 Å². The fourth-order valence-corrected chi connectivity index (χ4v) is 1.91. The summed E-state index contributed by atoms with van der Waals surface area (Å²) in [6.45, 7) is 0. The molecule has 0 atom stereocenters. The Kier molecular flexibility index (Phi) is 3.27. The van der Waals surface area contributed by atoms with Gasteiger partial charge in [-0.1, -0.05) is 34.9 Å². The molecule has 1 aromatic heterocycles. The molecule has 0 unspecified atom stereocenters. The maximum absolute atomic E-state index is 9.27. The highest BCUT2D eigenvalue weighted by Gasteiger charge is 2.08. The van der Waals surface area contributed by atoms with E-state index in [4.69, 9.17) is 9.55 Å². The zero-order chi connectivity index (χ0) is 13.9. The van der Waals surface area contributed by atoms with E-state index in [9.17, 15) is 5.11 Å². The van der Waals surface area contributed by atoms with Gasteiger partial charge in [0.05, 0.1) is 0 Å². The first kappa shape index (κ1) is 12.5. The Balaban J connectivity index is 1.91. The fraction of sp³-hybridized carbons (Fsp3) is 0. The summed E-state index contributed by atoms with van der Waals surface area (Å²) < 4.78 is 5.31. The van der Waals surface area contributed by atoms with Crippen LogP contribution in [0, 0.1) is 0 Å². The molecule has 2 aromatic carbocycles. The third-order valence-corrected chi connectivity index (χ3v) is 3.02. The zero-order valence-corrected chi connectivity index (χ0v) is 10.5. The van der Waals surface area contributed by atoms with Gasteiger partial charge >= 0.3 is 7.48 Å². The first-order valence-electron chi connectivity index (χ1n) is 6.10. The molecular weight excluding hydrogens is 253 g/mol. The lowest BCUT2D eigenvalue weighted by Gasteiger charge is -1.97. The van der Waals surface area contributed by atoms with Crippen LogP contribution in [0.3, 0.4) is 0 Å². The van der Waals surface area contributed by atoms with Gasteiger partial charge < -0.3 is 14.7 Å². The SMILES string of the molecule is O[B]c1ccc(-c2cc(-c3ccc(O)cc3)on2)cc1. The number of aromatic nitrogens is 1. The first-order valence-corrected chi connectivity index (χ1v) is 6.10. The van der Waals surface area contributed by atoms with Crippen LogP contribution in [0.15, 0.2) is 59.1 Å². The molecule has 3 aromatic rings. The molecule has 3 rings (SSSR count). The van der Waals surface area contributed by atoms with Crippen molar-refractivity contribution in [2.75, 3.05) is 0 Å². The minimum absolute atomic E-state index is 0.212. The Bertz CT molecular complexity index is 705. The lowest BCUT2D eigenvalue weighted by atomic mass is 9.88. The molecule has 0 amide bonds. The maximum Gasteiger partial charge on any atom is 0.326 e. The molecule has 0 fully saturated rings. The van der Waals surface area contributed by atoms with Gasteiger partial charge in [0.15, 0.2) is 5.76 Å². The standard InChI is InChI=1S/C15H11BNO3/c18-13-7-3-11(4-8-13)15-9-14(17-20-15)10-1-5-12(16-19)6-2-10/h1-9,18-19H. The van der Waals surface area contributed by atoms with Crippen LogP contribution >= 0.6 is 0 Å². The van der Waals surface area contributed by atoms with Crippen LogP contribution in [0.25, 0.3) is 22.6 Å². The molecule has 97 valence electrons. The van der Waals surface area contributed by atoms with Gasteiger partial charge in [0.2, 0.25) is 0 Å². The summed E-state index contributed by atoms with van der Waals surface area (Å²) >= 11 is 0. The molecule has 0 aliphatic carbocycles. The molecule has 0 saturated heterocycles. The average molecular weight is 264 g/mol. The third kappa shape index (κ3) is 2.44. The van der Waals surface area contributed by atoms with E-state index in [-0.39, 0.29) is 5.75 Å². The van der Waals surface area contributed by atoms with Crippen LogP contribution in [0.4, 0.5) is 0 Å². The number of phenolic OH excluding ortho intramolecular Hbond substituents is 1. The van der Waals surface area contributed by atoms with Crippen molar-refractivity contribution < 1.29 is 14.7 Å². The molecule has 0 saturated carbocycles. The number of phenols is 1. The highest BCUT2D eigenvalue weighted by molar-refractivity contribution is 6.45. The number of aromatic hydroxyl groups is 1. The van der Waals surface area contributed by atoms with Crippen LogP contribution < -0.4 is 5.46 Å². The van der Waals surface area contributed by atoms with Gasteiger partial charge in [-0.25, -0.2) is 0 Å². The Morgan fingerprint density at radius 2 is 1.55 bits per heavy atom. The largest absolute Gasteiger partial charge is 0.508 e. The molecule has 4 nitrogen and oxygen atoms in total. The quantitative estimate of drug-likeness (QED) is 0.709. The number of nitrogens with zero attached hydrogens (tertiary/aromatic N) is 1. The lowest BCUT2D eigenvalue weighted by molar-refractivity contribution is 0.434. The molecule has 2 N–H and O–H groups in total. The Morgan fingerprint density at radius 3 is 2.20 bits per heavy atom. The maximum atomic E-state index is 9.27. The monoisotopic (exact) mass is 264 g/mol. The van der Waals surface area contributed by atoms with E-state index in [0.717, 1.165) is 29.8 Å². The molecule has 0 bridgehead atoms. The summed E-state index contributed by atoms with van der Waals surface area (Å²) in [6.07, 6.45) is 0. The van der Waals surface area contributed by atoms with Crippen LogP contribution in [0.1, 0.15) is 0 Å². The number of rotatable bonds is 3. The van der Waals surface area contributed by atoms with Gasteiger partial charge in [-0.2, -0.15) is 0 Å². The molecular formula is C15H11BNO3. The summed E-state index contributed by atoms with van der Waals surface area (Å²) in [5.74, 6) is 0.849. The normalized spacial score (nSPS) is 10.4. The van der Waals surface area contributed by atoms with Crippen molar-refractivity contribution in [1.29, 1.82) is 0 Å². The molecule has 0 spiro atoms. The van der Waals surface area contributed by atoms with Gasteiger partial charge in [0.25, 0.3) is 0 Å². The van der Waals surface area contributed by atoms with Crippen molar-refractivity contribution >= 4 is 12.9 Å². The van der Waals surface area contributed by atoms with Crippen molar-refractivity contribution in [2.24, 2.45) is 0 Å². The van der Waals surface area contributed by atoms with Crippen molar-refractivity contribution in [1.82, 2.24) is 5.16 Å². The predicted octanol–water partition coefficient (Wildman–Crippen LogP) is 1.95. The van der Waals surface area contributed by atoms with Crippen molar-refractivity contribution in [3.8, 4) is 28.3 Å². The Hall–Kier alpha value is -2.53.